The van der Waals surface area contributed by atoms with E-state index in [2.05, 4.69) is 0 Å². The van der Waals surface area contributed by atoms with Crippen molar-refractivity contribution in [3.05, 3.63) is 23.8 Å². The van der Waals surface area contributed by atoms with Crippen molar-refractivity contribution in [2.24, 2.45) is 11.7 Å². The third-order valence-corrected chi connectivity index (χ3v) is 4.99. The van der Waals surface area contributed by atoms with Crippen LogP contribution in [0.25, 0.3) is 0 Å². The van der Waals surface area contributed by atoms with E-state index in [0.717, 1.165) is 5.56 Å². The van der Waals surface area contributed by atoms with Crippen molar-refractivity contribution >= 4 is 5.91 Å². The van der Waals surface area contributed by atoms with Crippen molar-refractivity contribution < 1.29 is 28.8 Å². The third-order valence-electron chi connectivity index (χ3n) is 4.99. The van der Waals surface area contributed by atoms with Gasteiger partial charge >= 0.3 is 0 Å². The summed E-state index contributed by atoms with van der Waals surface area (Å²) in [4.78, 5) is 12.2. The van der Waals surface area contributed by atoms with Crippen LogP contribution in [0.15, 0.2) is 18.2 Å². The highest BCUT2D eigenvalue weighted by Crippen LogP contribution is 2.47. The minimum absolute atomic E-state index is 0.300. The number of ether oxygens (including phenoxy) is 4. The van der Waals surface area contributed by atoms with Crippen LogP contribution < -0.4 is 15.2 Å². The summed E-state index contributed by atoms with van der Waals surface area (Å²) >= 11 is 0. The second kappa shape index (κ2) is 6.48. The molecular weight excluding hydrogens is 326 g/mol. The molecule has 5 atom stereocenters. The van der Waals surface area contributed by atoms with E-state index >= 15 is 0 Å². The molecule has 7 heteroatoms. The van der Waals surface area contributed by atoms with E-state index in [1.165, 1.54) is 0 Å². The maximum Gasteiger partial charge on any atom is 0.223 e. The number of hydrogen-bond acceptors (Lipinski definition) is 6. The molecule has 1 aromatic rings. The second-order valence-electron chi connectivity index (χ2n) is 7.02. The molecule has 1 amide bonds. The molecule has 2 aliphatic rings. The van der Waals surface area contributed by atoms with Crippen molar-refractivity contribution in [1.82, 2.24) is 0 Å². The summed E-state index contributed by atoms with van der Waals surface area (Å²) in [6.45, 7) is 3.53. The fraction of sp³-hybridized carbons (Fsp3) is 0.611. The topological polar surface area (TPSA) is 100 Å². The lowest BCUT2D eigenvalue weighted by Gasteiger charge is -2.39. The standard InChI is InChI=1S/C18H25NO6/c1-18(2)24-15-11(20)8-10(14(17(19)21)16(15)25-18)9-5-6-12(22-3)13(7-9)23-4/h5-7,10-11,14-16,20H,8H2,1-4H3,(H2,19,21)/t10-,11+,14-,15+,16-/m1/s1. The Kier molecular flexibility index (Phi) is 4.66. The van der Waals surface area contributed by atoms with E-state index in [1.807, 2.05) is 12.1 Å². The predicted molar refractivity (Wildman–Crippen MR) is 89.4 cm³/mol. The van der Waals surface area contributed by atoms with E-state index in [9.17, 15) is 9.90 Å². The molecule has 0 aromatic heterocycles. The van der Waals surface area contributed by atoms with Gasteiger partial charge in [0.2, 0.25) is 5.91 Å². The molecule has 0 spiro atoms. The molecule has 1 heterocycles. The van der Waals surface area contributed by atoms with Crippen LogP contribution >= 0.6 is 0 Å². The fourth-order valence-electron chi connectivity index (χ4n) is 3.95. The summed E-state index contributed by atoms with van der Waals surface area (Å²) in [7, 11) is 3.11. The van der Waals surface area contributed by atoms with Crippen LogP contribution in [0.2, 0.25) is 0 Å². The number of benzene rings is 1. The molecule has 0 unspecified atom stereocenters. The Morgan fingerprint density at radius 3 is 2.44 bits per heavy atom. The minimum Gasteiger partial charge on any atom is -0.493 e. The fourth-order valence-corrected chi connectivity index (χ4v) is 3.95. The smallest absolute Gasteiger partial charge is 0.223 e. The maximum absolute atomic E-state index is 12.2. The molecule has 1 aliphatic carbocycles. The average molecular weight is 351 g/mol. The van der Waals surface area contributed by atoms with Gasteiger partial charge in [0.05, 0.1) is 26.2 Å². The molecule has 0 radical (unpaired) electrons. The van der Waals surface area contributed by atoms with Crippen molar-refractivity contribution in [1.29, 1.82) is 0 Å². The Labute approximate surface area is 147 Å². The summed E-state index contributed by atoms with van der Waals surface area (Å²) in [5.41, 5.74) is 6.54. The number of amides is 1. The number of methoxy groups -OCH3 is 2. The van der Waals surface area contributed by atoms with E-state index in [4.69, 9.17) is 24.7 Å². The number of carbonyl (C=O) groups excluding carboxylic acids is 1. The van der Waals surface area contributed by atoms with Gasteiger partial charge in [-0.3, -0.25) is 4.79 Å². The molecular formula is C18H25NO6. The number of aliphatic hydroxyl groups excluding tert-OH is 1. The van der Waals surface area contributed by atoms with Gasteiger partial charge in [-0.15, -0.1) is 0 Å². The first kappa shape index (κ1) is 18.0. The summed E-state index contributed by atoms with van der Waals surface area (Å²) < 4.78 is 22.3. The van der Waals surface area contributed by atoms with Crippen LogP contribution in [0.4, 0.5) is 0 Å². The normalized spacial score (nSPS) is 33.6. The average Bonchev–Trinajstić information content (AvgIpc) is 2.89. The van der Waals surface area contributed by atoms with E-state index in [0.29, 0.717) is 17.9 Å². The van der Waals surface area contributed by atoms with Gasteiger partial charge in [-0.2, -0.15) is 0 Å². The number of nitrogens with two attached hydrogens (primary N) is 1. The molecule has 0 bridgehead atoms. The van der Waals surface area contributed by atoms with Crippen LogP contribution in [0.3, 0.4) is 0 Å². The lowest BCUT2D eigenvalue weighted by atomic mass is 9.71. The van der Waals surface area contributed by atoms with Gasteiger partial charge in [-0.25, -0.2) is 0 Å². The zero-order valence-electron chi connectivity index (χ0n) is 14.9. The van der Waals surface area contributed by atoms with Gasteiger partial charge in [0.15, 0.2) is 17.3 Å². The zero-order valence-corrected chi connectivity index (χ0v) is 14.9. The van der Waals surface area contributed by atoms with Gasteiger partial charge < -0.3 is 29.8 Å². The van der Waals surface area contributed by atoms with Gasteiger partial charge in [0.1, 0.15) is 12.2 Å². The minimum atomic E-state index is -0.865. The highest BCUT2D eigenvalue weighted by Gasteiger charge is 2.55. The van der Waals surface area contributed by atoms with Gasteiger partial charge in [-0.1, -0.05) is 6.07 Å². The van der Waals surface area contributed by atoms with Gasteiger partial charge in [0.25, 0.3) is 0 Å². The first-order valence-electron chi connectivity index (χ1n) is 8.32. The largest absolute Gasteiger partial charge is 0.493 e. The first-order chi connectivity index (χ1) is 11.8. The van der Waals surface area contributed by atoms with Crippen molar-refractivity contribution in [2.45, 2.75) is 50.3 Å². The molecule has 138 valence electrons. The highest BCUT2D eigenvalue weighted by atomic mass is 16.8. The SMILES string of the molecule is COc1ccc([C@H]2C[C@H](O)[C@@H]3OC(C)(C)O[C@@H]3[C@@H]2C(N)=O)cc1OC. The predicted octanol–water partition coefficient (Wildman–Crippen LogP) is 1.17. The number of aliphatic hydroxyl groups is 1. The highest BCUT2D eigenvalue weighted by molar-refractivity contribution is 5.79. The van der Waals surface area contributed by atoms with Crippen molar-refractivity contribution in [3.8, 4) is 11.5 Å². The van der Waals surface area contributed by atoms with Crippen molar-refractivity contribution in [2.75, 3.05) is 14.2 Å². The number of fused-ring (bicyclic) bond motifs is 1. The molecule has 1 saturated heterocycles. The summed E-state index contributed by atoms with van der Waals surface area (Å²) in [5, 5.41) is 10.6. The molecule has 1 saturated carbocycles. The van der Waals surface area contributed by atoms with Gasteiger partial charge in [0, 0.05) is 5.92 Å². The quantitative estimate of drug-likeness (QED) is 0.845. The number of primary amides is 1. The Bertz CT molecular complexity index is 661. The molecule has 25 heavy (non-hydrogen) atoms. The van der Waals surface area contributed by atoms with Gasteiger partial charge in [-0.05, 0) is 38.0 Å². The third kappa shape index (κ3) is 3.19. The first-order valence-corrected chi connectivity index (χ1v) is 8.32. The number of carbonyl (C=O) groups is 1. The van der Waals surface area contributed by atoms with Crippen LogP contribution in [0.5, 0.6) is 11.5 Å². The monoisotopic (exact) mass is 351 g/mol. The molecule has 3 rings (SSSR count). The number of hydrogen-bond donors (Lipinski definition) is 2. The molecule has 2 fully saturated rings. The number of rotatable bonds is 4. The molecule has 7 nitrogen and oxygen atoms in total. The maximum atomic E-state index is 12.2. The second-order valence-corrected chi connectivity index (χ2v) is 7.02. The Hall–Kier alpha value is -1.83. The Morgan fingerprint density at radius 1 is 1.20 bits per heavy atom. The molecule has 1 aromatic carbocycles. The van der Waals surface area contributed by atoms with E-state index in [-0.39, 0.29) is 5.92 Å². The van der Waals surface area contributed by atoms with E-state index < -0.39 is 35.9 Å². The van der Waals surface area contributed by atoms with Crippen LogP contribution in [-0.4, -0.2) is 49.3 Å². The summed E-state index contributed by atoms with van der Waals surface area (Å²) in [6, 6.07) is 5.45. The Balaban J connectivity index is 1.99. The van der Waals surface area contributed by atoms with Crippen LogP contribution in [0, 0.1) is 5.92 Å². The summed E-state index contributed by atoms with van der Waals surface area (Å²) in [6.07, 6.45) is -1.55. The lowest BCUT2D eigenvalue weighted by Crippen LogP contribution is -2.52. The zero-order chi connectivity index (χ0) is 18.4. The van der Waals surface area contributed by atoms with Crippen molar-refractivity contribution in [3.63, 3.8) is 0 Å². The summed E-state index contributed by atoms with van der Waals surface area (Å²) in [5.74, 6) is -1.08. The van der Waals surface area contributed by atoms with E-state index in [1.54, 1.807) is 34.1 Å². The van der Waals surface area contributed by atoms with Crippen LogP contribution in [-0.2, 0) is 14.3 Å². The molecule has 1 aliphatic heterocycles. The lowest BCUT2D eigenvalue weighted by molar-refractivity contribution is -0.155. The molecule has 3 N–H and O–H groups in total. The van der Waals surface area contributed by atoms with Crippen LogP contribution in [0.1, 0.15) is 31.7 Å². The Morgan fingerprint density at radius 2 is 1.84 bits per heavy atom.